The molecule has 0 atom stereocenters. The summed E-state index contributed by atoms with van der Waals surface area (Å²) in [6.07, 6.45) is 3.17. The van der Waals surface area contributed by atoms with Crippen LogP contribution < -0.4 is 15.8 Å². The van der Waals surface area contributed by atoms with E-state index < -0.39 is 11.9 Å². The molecule has 3 aromatic carbocycles. The lowest BCUT2D eigenvalue weighted by atomic mass is 9.99. The van der Waals surface area contributed by atoms with E-state index in [2.05, 4.69) is 26.3 Å². The summed E-state index contributed by atoms with van der Waals surface area (Å²) in [6, 6.07) is 21.1. The summed E-state index contributed by atoms with van der Waals surface area (Å²) in [5.41, 5.74) is 11.5. The van der Waals surface area contributed by atoms with E-state index in [-0.39, 0.29) is 24.1 Å². The summed E-state index contributed by atoms with van der Waals surface area (Å²) >= 11 is 0. The zero-order chi connectivity index (χ0) is 31.9. The number of carbonyl (C=O) groups excluding carboxylic acids is 2. The maximum atomic E-state index is 12.8. The Hall–Kier alpha value is -5.27. The van der Waals surface area contributed by atoms with Gasteiger partial charge in [-0.3, -0.25) is 9.69 Å². The number of nitrogens with one attached hydrogen (secondary N) is 1. The molecule has 10 heteroatoms. The first-order valence-electron chi connectivity index (χ1n) is 15.0. The van der Waals surface area contributed by atoms with E-state index in [1.54, 1.807) is 25.1 Å². The molecule has 5 rings (SSSR count). The van der Waals surface area contributed by atoms with Gasteiger partial charge < -0.3 is 20.5 Å². The molecule has 1 aliphatic rings. The van der Waals surface area contributed by atoms with Crippen molar-refractivity contribution in [2.75, 3.05) is 25.0 Å². The minimum atomic E-state index is -0.558. The lowest BCUT2D eigenvalue weighted by molar-refractivity contribution is 0.0522. The maximum Gasteiger partial charge on any atom is 0.345 e. The van der Waals surface area contributed by atoms with Crippen LogP contribution in [0.1, 0.15) is 62.7 Å². The van der Waals surface area contributed by atoms with Crippen molar-refractivity contribution in [3.8, 4) is 28.8 Å². The first-order valence-corrected chi connectivity index (χ1v) is 15.0. The number of nitriles is 1. The summed E-state index contributed by atoms with van der Waals surface area (Å²) in [4.78, 5) is 35.7. The molecule has 0 radical (unpaired) electrons. The van der Waals surface area contributed by atoms with Crippen molar-refractivity contribution in [2.24, 2.45) is 5.73 Å². The minimum absolute atomic E-state index is 0.120. The number of aryl methyl sites for hydroxylation is 2. The minimum Gasteiger partial charge on any atom is -0.462 e. The fraction of sp³-hybridized carbons (Fsp3) is 0.286. The van der Waals surface area contributed by atoms with Gasteiger partial charge in [0.25, 0.3) is 0 Å². The summed E-state index contributed by atoms with van der Waals surface area (Å²) in [6.45, 7) is 8.28. The number of primary amides is 1. The number of piperidine rings is 1. The third-order valence-corrected chi connectivity index (χ3v) is 7.79. The van der Waals surface area contributed by atoms with Crippen molar-refractivity contribution in [2.45, 2.75) is 46.2 Å². The molecule has 0 spiro atoms. The van der Waals surface area contributed by atoms with E-state index in [1.807, 2.05) is 56.3 Å². The van der Waals surface area contributed by atoms with Crippen LogP contribution in [0.25, 0.3) is 11.1 Å². The first-order chi connectivity index (χ1) is 21.7. The van der Waals surface area contributed by atoms with E-state index in [0.29, 0.717) is 22.8 Å². The lowest BCUT2D eigenvalue weighted by Crippen LogP contribution is -2.39. The number of nitrogens with two attached hydrogens (primary N) is 1. The normalized spacial score (nSPS) is 13.6. The van der Waals surface area contributed by atoms with E-state index in [1.165, 1.54) is 6.20 Å². The van der Waals surface area contributed by atoms with Crippen LogP contribution in [0.2, 0.25) is 0 Å². The zero-order valence-corrected chi connectivity index (χ0v) is 25.7. The highest BCUT2D eigenvalue weighted by molar-refractivity contribution is 5.93. The van der Waals surface area contributed by atoms with Gasteiger partial charge in [-0.1, -0.05) is 24.3 Å². The molecule has 0 saturated carbocycles. The molecule has 45 heavy (non-hydrogen) atoms. The van der Waals surface area contributed by atoms with Crippen LogP contribution in [-0.2, 0) is 11.3 Å². The second-order valence-corrected chi connectivity index (χ2v) is 11.1. The molecule has 3 N–H and O–H groups in total. The van der Waals surface area contributed by atoms with Crippen molar-refractivity contribution in [3.05, 3.63) is 100 Å². The Morgan fingerprint density at radius 1 is 1.04 bits per heavy atom. The molecule has 2 heterocycles. The highest BCUT2D eigenvalue weighted by Crippen LogP contribution is 2.34. The summed E-state index contributed by atoms with van der Waals surface area (Å²) in [5.74, 6) is 0.0984. The predicted molar refractivity (Wildman–Crippen MR) is 171 cm³/mol. The van der Waals surface area contributed by atoms with Crippen LogP contribution >= 0.6 is 0 Å². The standard InChI is InChI=1S/C35H36N6O4/c1-4-44-34(43)30-20-38-35(39-29-12-14-41(15-13-29)21-25-6-5-7-27(18-25)32(37)42)40-33(30)45-31-22(2)16-28(17-23(31)3)26-10-8-24(19-36)9-11-26/h5-11,16-18,20,29H,4,12-15,21H2,1-3H3,(H2,37,42)(H,38,39,40). The molecule has 0 aliphatic carbocycles. The van der Waals surface area contributed by atoms with Gasteiger partial charge in [-0.2, -0.15) is 10.2 Å². The highest BCUT2D eigenvalue weighted by Gasteiger charge is 2.23. The van der Waals surface area contributed by atoms with Crippen molar-refractivity contribution >= 4 is 17.8 Å². The number of benzene rings is 3. The largest absolute Gasteiger partial charge is 0.462 e. The van der Waals surface area contributed by atoms with Crippen LogP contribution in [-0.4, -0.2) is 52.5 Å². The molecule has 4 aromatic rings. The number of esters is 1. The Labute approximate surface area is 262 Å². The van der Waals surface area contributed by atoms with Crippen LogP contribution in [0, 0.1) is 25.2 Å². The van der Waals surface area contributed by atoms with Crippen molar-refractivity contribution in [3.63, 3.8) is 0 Å². The van der Waals surface area contributed by atoms with Gasteiger partial charge in [0, 0.05) is 31.2 Å². The van der Waals surface area contributed by atoms with E-state index in [0.717, 1.165) is 60.3 Å². The number of aromatic nitrogens is 2. The Morgan fingerprint density at radius 2 is 1.76 bits per heavy atom. The zero-order valence-electron chi connectivity index (χ0n) is 25.7. The fourth-order valence-corrected chi connectivity index (χ4v) is 5.47. The molecule has 1 aliphatic heterocycles. The molecule has 1 aromatic heterocycles. The fourth-order valence-electron chi connectivity index (χ4n) is 5.47. The number of carbonyl (C=O) groups is 2. The average molecular weight is 605 g/mol. The van der Waals surface area contributed by atoms with Crippen molar-refractivity contribution in [1.29, 1.82) is 5.26 Å². The molecule has 1 amide bonds. The summed E-state index contributed by atoms with van der Waals surface area (Å²) in [7, 11) is 0. The molecule has 10 nitrogen and oxygen atoms in total. The number of hydrogen-bond donors (Lipinski definition) is 2. The average Bonchev–Trinajstić information content (AvgIpc) is 3.04. The second kappa shape index (κ2) is 14.0. The monoisotopic (exact) mass is 604 g/mol. The Kier molecular flexibility index (Phi) is 9.70. The number of hydrogen-bond acceptors (Lipinski definition) is 9. The molecule has 1 fully saturated rings. The van der Waals surface area contributed by atoms with Gasteiger partial charge in [-0.05, 0) is 97.8 Å². The topological polar surface area (TPSA) is 143 Å². The molecule has 0 unspecified atom stereocenters. The molecule has 0 bridgehead atoms. The molecular weight excluding hydrogens is 568 g/mol. The van der Waals surface area contributed by atoms with Gasteiger partial charge in [0.2, 0.25) is 17.7 Å². The predicted octanol–water partition coefficient (Wildman–Crippen LogP) is 5.78. The van der Waals surface area contributed by atoms with Crippen molar-refractivity contribution < 1.29 is 19.1 Å². The number of anilines is 1. The van der Waals surface area contributed by atoms with Crippen LogP contribution in [0.15, 0.2) is 66.9 Å². The van der Waals surface area contributed by atoms with Crippen LogP contribution in [0.5, 0.6) is 11.6 Å². The number of likely N-dealkylation sites (tertiary alicyclic amines) is 1. The number of rotatable bonds is 10. The Balaban J connectivity index is 1.30. The quantitative estimate of drug-likeness (QED) is 0.215. The molecular formula is C35H36N6O4. The number of nitrogens with zero attached hydrogens (tertiary/aromatic N) is 4. The third-order valence-electron chi connectivity index (χ3n) is 7.79. The van der Waals surface area contributed by atoms with E-state index >= 15 is 0 Å². The SMILES string of the molecule is CCOC(=O)c1cnc(NC2CCN(Cc3cccc(C(N)=O)c3)CC2)nc1Oc1c(C)cc(-c2ccc(C#N)cc2)cc1C. The van der Waals surface area contributed by atoms with Gasteiger partial charge in [0.15, 0.2) is 0 Å². The van der Waals surface area contributed by atoms with Gasteiger partial charge in [0.05, 0.1) is 24.4 Å². The van der Waals surface area contributed by atoms with Gasteiger partial charge >= 0.3 is 5.97 Å². The van der Waals surface area contributed by atoms with Crippen LogP contribution in [0.3, 0.4) is 0 Å². The van der Waals surface area contributed by atoms with Crippen LogP contribution in [0.4, 0.5) is 5.95 Å². The second-order valence-electron chi connectivity index (χ2n) is 11.1. The Bertz CT molecular complexity index is 1720. The van der Waals surface area contributed by atoms with E-state index in [9.17, 15) is 9.59 Å². The number of amides is 1. The smallest absolute Gasteiger partial charge is 0.345 e. The van der Waals surface area contributed by atoms with Gasteiger partial charge in [0.1, 0.15) is 11.3 Å². The highest BCUT2D eigenvalue weighted by atomic mass is 16.5. The number of ether oxygens (including phenoxy) is 2. The third kappa shape index (κ3) is 7.63. The van der Waals surface area contributed by atoms with Crippen molar-refractivity contribution in [1.82, 2.24) is 14.9 Å². The van der Waals surface area contributed by atoms with E-state index in [4.69, 9.17) is 20.5 Å². The summed E-state index contributed by atoms with van der Waals surface area (Å²) < 4.78 is 11.6. The van der Waals surface area contributed by atoms with Gasteiger partial charge in [-0.15, -0.1) is 0 Å². The first kappa shape index (κ1) is 31.2. The lowest BCUT2D eigenvalue weighted by Gasteiger charge is -2.32. The maximum absolute atomic E-state index is 12.8. The molecule has 230 valence electrons. The summed E-state index contributed by atoms with van der Waals surface area (Å²) in [5, 5.41) is 12.5. The Morgan fingerprint density at radius 3 is 2.40 bits per heavy atom. The van der Waals surface area contributed by atoms with Gasteiger partial charge in [-0.25, -0.2) is 9.78 Å². The molecule has 1 saturated heterocycles.